The molecule has 3 N–H and O–H groups in total. The normalized spacial score (nSPS) is 13.4. The Labute approximate surface area is 123 Å². The highest BCUT2D eigenvalue weighted by Crippen LogP contribution is 2.16. The van der Waals surface area contributed by atoms with E-state index in [-0.39, 0.29) is 0 Å². The third kappa shape index (κ3) is 6.37. The molecule has 0 saturated heterocycles. The zero-order valence-electron chi connectivity index (χ0n) is 13.2. The highest BCUT2D eigenvalue weighted by molar-refractivity contribution is 5.39. The molecule has 1 rings (SSSR count). The number of nitrogen functional groups attached to an aromatic ring is 1. The Morgan fingerprint density at radius 2 is 1.65 bits per heavy atom. The van der Waals surface area contributed by atoms with Gasteiger partial charge in [0.2, 0.25) is 0 Å². The molecule has 0 aromatic heterocycles. The van der Waals surface area contributed by atoms with Crippen molar-refractivity contribution >= 4 is 5.69 Å². The Kier molecular flexibility index (Phi) is 6.99. The van der Waals surface area contributed by atoms with Gasteiger partial charge in [-0.2, -0.15) is 0 Å². The lowest BCUT2D eigenvalue weighted by atomic mass is 10.1. The van der Waals surface area contributed by atoms with Crippen LogP contribution in [0.1, 0.15) is 25.5 Å². The molecule has 0 amide bonds. The molecular weight excluding hydrogens is 250 g/mol. The average molecular weight is 279 g/mol. The van der Waals surface area contributed by atoms with E-state index in [0.29, 0.717) is 12.5 Å². The Bertz CT molecular complexity index is 376. The van der Waals surface area contributed by atoms with Crippen molar-refractivity contribution in [3.8, 4) is 0 Å². The van der Waals surface area contributed by atoms with Gasteiger partial charge in [0.1, 0.15) is 0 Å². The maximum Gasteiger partial charge on any atom is 0.0916 e. The van der Waals surface area contributed by atoms with E-state index in [2.05, 4.69) is 37.7 Å². The van der Waals surface area contributed by atoms with Gasteiger partial charge in [0.25, 0.3) is 0 Å². The number of nitrogens with two attached hydrogens (primary N) is 1. The lowest BCUT2D eigenvalue weighted by Gasteiger charge is -2.28. The van der Waals surface area contributed by atoms with Crippen LogP contribution >= 0.6 is 0 Å². The fourth-order valence-corrected chi connectivity index (χ4v) is 2.18. The van der Waals surface area contributed by atoms with Crippen LogP contribution < -0.4 is 5.73 Å². The van der Waals surface area contributed by atoms with Crippen LogP contribution in [-0.2, 0) is 0 Å². The van der Waals surface area contributed by atoms with Gasteiger partial charge >= 0.3 is 0 Å². The SMILES string of the molecule is CC(C)CN(CCN(C)C)CC(O)c1ccc(N)cc1. The largest absolute Gasteiger partial charge is 0.399 e. The molecule has 20 heavy (non-hydrogen) atoms. The van der Waals surface area contributed by atoms with E-state index in [0.717, 1.165) is 30.9 Å². The van der Waals surface area contributed by atoms with Gasteiger partial charge in [-0.05, 0) is 37.7 Å². The quantitative estimate of drug-likeness (QED) is 0.713. The molecule has 0 aliphatic rings. The number of anilines is 1. The summed E-state index contributed by atoms with van der Waals surface area (Å²) >= 11 is 0. The Morgan fingerprint density at radius 1 is 1.05 bits per heavy atom. The van der Waals surface area contributed by atoms with Crippen molar-refractivity contribution in [1.29, 1.82) is 0 Å². The smallest absolute Gasteiger partial charge is 0.0916 e. The number of aliphatic hydroxyl groups is 1. The Hall–Kier alpha value is -1.10. The number of rotatable bonds is 8. The molecule has 1 aromatic carbocycles. The molecule has 0 aliphatic carbocycles. The minimum atomic E-state index is -0.462. The minimum absolute atomic E-state index is 0.462. The molecule has 1 atom stereocenters. The first-order chi connectivity index (χ1) is 9.38. The van der Waals surface area contributed by atoms with E-state index in [1.54, 1.807) is 0 Å². The lowest BCUT2D eigenvalue weighted by Crippen LogP contribution is -2.37. The summed E-state index contributed by atoms with van der Waals surface area (Å²) in [6.45, 7) is 8.05. The number of benzene rings is 1. The molecule has 0 heterocycles. The van der Waals surface area contributed by atoms with Gasteiger partial charge in [-0.3, -0.25) is 4.90 Å². The number of hydrogen-bond acceptors (Lipinski definition) is 4. The average Bonchev–Trinajstić information content (AvgIpc) is 2.36. The van der Waals surface area contributed by atoms with Crippen molar-refractivity contribution in [3.63, 3.8) is 0 Å². The summed E-state index contributed by atoms with van der Waals surface area (Å²) in [6, 6.07) is 7.48. The summed E-state index contributed by atoms with van der Waals surface area (Å²) < 4.78 is 0. The van der Waals surface area contributed by atoms with E-state index in [4.69, 9.17) is 5.73 Å². The van der Waals surface area contributed by atoms with Crippen LogP contribution in [0.2, 0.25) is 0 Å². The number of aliphatic hydroxyl groups excluding tert-OH is 1. The zero-order chi connectivity index (χ0) is 15.1. The van der Waals surface area contributed by atoms with Gasteiger partial charge in [-0.25, -0.2) is 0 Å². The Balaban J connectivity index is 2.60. The topological polar surface area (TPSA) is 52.7 Å². The zero-order valence-corrected chi connectivity index (χ0v) is 13.2. The van der Waals surface area contributed by atoms with E-state index in [1.807, 2.05) is 24.3 Å². The van der Waals surface area contributed by atoms with E-state index >= 15 is 0 Å². The summed E-state index contributed by atoms with van der Waals surface area (Å²) in [5, 5.41) is 10.4. The molecule has 4 heteroatoms. The van der Waals surface area contributed by atoms with Crippen molar-refractivity contribution in [3.05, 3.63) is 29.8 Å². The van der Waals surface area contributed by atoms with Crippen LogP contribution in [0.25, 0.3) is 0 Å². The van der Waals surface area contributed by atoms with Crippen LogP contribution in [0.5, 0.6) is 0 Å². The summed E-state index contributed by atoms with van der Waals surface area (Å²) in [4.78, 5) is 4.49. The molecule has 0 spiro atoms. The third-order valence-corrected chi connectivity index (χ3v) is 3.24. The van der Waals surface area contributed by atoms with Gasteiger partial charge in [-0.15, -0.1) is 0 Å². The second-order valence-electron chi connectivity index (χ2n) is 6.14. The number of nitrogens with zero attached hydrogens (tertiary/aromatic N) is 2. The molecule has 0 aliphatic heterocycles. The van der Waals surface area contributed by atoms with Crippen molar-refractivity contribution < 1.29 is 5.11 Å². The molecule has 0 radical (unpaired) electrons. The van der Waals surface area contributed by atoms with Crippen LogP contribution in [-0.4, -0.2) is 55.2 Å². The fourth-order valence-electron chi connectivity index (χ4n) is 2.18. The Morgan fingerprint density at radius 3 is 2.15 bits per heavy atom. The van der Waals surface area contributed by atoms with Crippen molar-refractivity contribution in [2.24, 2.45) is 5.92 Å². The van der Waals surface area contributed by atoms with Gasteiger partial charge in [-0.1, -0.05) is 26.0 Å². The lowest BCUT2D eigenvalue weighted by molar-refractivity contribution is 0.101. The van der Waals surface area contributed by atoms with Crippen LogP contribution in [0.4, 0.5) is 5.69 Å². The molecule has 4 nitrogen and oxygen atoms in total. The molecule has 0 saturated carbocycles. The third-order valence-electron chi connectivity index (χ3n) is 3.24. The monoisotopic (exact) mass is 279 g/mol. The number of hydrogen-bond donors (Lipinski definition) is 2. The summed E-state index contributed by atoms with van der Waals surface area (Å²) in [7, 11) is 4.15. The van der Waals surface area contributed by atoms with Gasteiger partial charge in [0, 0.05) is 31.9 Å². The summed E-state index contributed by atoms with van der Waals surface area (Å²) in [5.74, 6) is 0.593. The second kappa shape index (κ2) is 8.25. The van der Waals surface area contributed by atoms with Gasteiger partial charge in [0.15, 0.2) is 0 Å². The van der Waals surface area contributed by atoms with Gasteiger partial charge < -0.3 is 15.7 Å². The standard InChI is InChI=1S/C16H29N3O/c1-13(2)11-19(10-9-18(3)4)12-16(20)14-5-7-15(17)8-6-14/h5-8,13,16,20H,9-12,17H2,1-4H3. The second-order valence-corrected chi connectivity index (χ2v) is 6.14. The first kappa shape index (κ1) is 17.0. The maximum atomic E-state index is 10.4. The van der Waals surface area contributed by atoms with Crippen molar-refractivity contribution in [2.75, 3.05) is 46.0 Å². The predicted molar refractivity (Wildman–Crippen MR) is 85.6 cm³/mol. The fraction of sp³-hybridized carbons (Fsp3) is 0.625. The molecule has 114 valence electrons. The molecule has 0 fully saturated rings. The highest BCUT2D eigenvalue weighted by atomic mass is 16.3. The van der Waals surface area contributed by atoms with E-state index in [9.17, 15) is 5.11 Å². The first-order valence-corrected chi connectivity index (χ1v) is 7.29. The van der Waals surface area contributed by atoms with Crippen LogP contribution in [0.3, 0.4) is 0 Å². The molecule has 0 bridgehead atoms. The molecule has 1 unspecified atom stereocenters. The highest BCUT2D eigenvalue weighted by Gasteiger charge is 2.14. The van der Waals surface area contributed by atoms with Crippen LogP contribution in [0.15, 0.2) is 24.3 Å². The minimum Gasteiger partial charge on any atom is -0.399 e. The predicted octanol–water partition coefficient (Wildman–Crippen LogP) is 1.82. The van der Waals surface area contributed by atoms with Crippen molar-refractivity contribution in [2.45, 2.75) is 20.0 Å². The summed E-state index contributed by atoms with van der Waals surface area (Å²) in [5.41, 5.74) is 7.34. The van der Waals surface area contributed by atoms with Crippen LogP contribution in [0, 0.1) is 5.92 Å². The van der Waals surface area contributed by atoms with E-state index < -0.39 is 6.10 Å². The van der Waals surface area contributed by atoms with E-state index in [1.165, 1.54) is 0 Å². The summed E-state index contributed by atoms with van der Waals surface area (Å²) in [6.07, 6.45) is -0.462. The van der Waals surface area contributed by atoms with Gasteiger partial charge in [0.05, 0.1) is 6.10 Å². The molecule has 1 aromatic rings. The number of likely N-dealkylation sites (N-methyl/N-ethyl adjacent to an activating group) is 1. The molecular formula is C16H29N3O. The maximum absolute atomic E-state index is 10.4. The van der Waals surface area contributed by atoms with Crippen molar-refractivity contribution in [1.82, 2.24) is 9.80 Å². The first-order valence-electron chi connectivity index (χ1n) is 7.29.